The molecule has 0 aliphatic heterocycles. The van der Waals surface area contributed by atoms with Crippen LogP contribution in [-0.4, -0.2) is 32.7 Å². The van der Waals surface area contributed by atoms with Crippen LogP contribution in [0.1, 0.15) is 27.3 Å². The first-order valence-corrected chi connectivity index (χ1v) is 12.7. The van der Waals surface area contributed by atoms with Gasteiger partial charge in [-0.15, -0.1) is 10.2 Å². The molecule has 4 rings (SSSR count). The van der Waals surface area contributed by atoms with Crippen LogP contribution in [0, 0.1) is 17.0 Å². The molecule has 0 aliphatic carbocycles. The highest BCUT2D eigenvalue weighted by Gasteiger charge is 2.19. The SMILES string of the molecule is COc1cccc(CSc2nnc(CNC(=O)c3ccc([N+](=O)[O-])cc3Cl)n2-c2cc(Cl)ccc2C)c1. The number of nitrogens with zero attached hydrogens (tertiary/aromatic N) is 4. The van der Waals surface area contributed by atoms with Crippen molar-refractivity contribution in [3.05, 3.63) is 103 Å². The third kappa shape index (κ3) is 6.22. The second-order valence-electron chi connectivity index (χ2n) is 7.91. The number of aryl methyl sites for hydroxylation is 1. The van der Waals surface area contributed by atoms with E-state index in [2.05, 4.69) is 15.5 Å². The Bertz CT molecular complexity index is 1480. The van der Waals surface area contributed by atoms with E-state index in [-0.39, 0.29) is 22.8 Å². The quantitative estimate of drug-likeness (QED) is 0.152. The minimum atomic E-state index is -0.575. The summed E-state index contributed by atoms with van der Waals surface area (Å²) < 4.78 is 7.16. The van der Waals surface area contributed by atoms with Gasteiger partial charge >= 0.3 is 0 Å². The van der Waals surface area contributed by atoms with Gasteiger partial charge in [0.05, 0.1) is 34.9 Å². The Morgan fingerprint density at radius 3 is 2.68 bits per heavy atom. The number of hydrogen-bond donors (Lipinski definition) is 1. The van der Waals surface area contributed by atoms with E-state index < -0.39 is 10.8 Å². The predicted molar refractivity (Wildman–Crippen MR) is 143 cm³/mol. The summed E-state index contributed by atoms with van der Waals surface area (Å²) in [6, 6.07) is 16.9. The van der Waals surface area contributed by atoms with Gasteiger partial charge in [0.1, 0.15) is 5.75 Å². The summed E-state index contributed by atoms with van der Waals surface area (Å²) in [5, 5.41) is 23.6. The minimum Gasteiger partial charge on any atom is -0.497 e. The van der Waals surface area contributed by atoms with Crippen molar-refractivity contribution < 1.29 is 14.5 Å². The van der Waals surface area contributed by atoms with E-state index in [4.69, 9.17) is 27.9 Å². The molecule has 12 heteroatoms. The Morgan fingerprint density at radius 1 is 1.14 bits per heavy atom. The summed E-state index contributed by atoms with van der Waals surface area (Å²) in [6.45, 7) is 1.98. The van der Waals surface area contributed by atoms with E-state index in [9.17, 15) is 14.9 Å². The van der Waals surface area contributed by atoms with Crippen molar-refractivity contribution >= 4 is 46.6 Å². The van der Waals surface area contributed by atoms with Gasteiger partial charge in [0.15, 0.2) is 11.0 Å². The molecule has 9 nitrogen and oxygen atoms in total. The molecule has 1 amide bonds. The molecule has 0 radical (unpaired) electrons. The number of nitro benzene ring substituents is 1. The summed E-state index contributed by atoms with van der Waals surface area (Å²) in [5.41, 5.74) is 2.69. The van der Waals surface area contributed by atoms with Crippen molar-refractivity contribution in [2.75, 3.05) is 7.11 Å². The molecule has 0 aliphatic rings. The summed E-state index contributed by atoms with van der Waals surface area (Å²) in [7, 11) is 1.62. The predicted octanol–water partition coefficient (Wildman–Crippen LogP) is 6.02. The highest BCUT2D eigenvalue weighted by Crippen LogP contribution is 2.29. The number of thioether (sulfide) groups is 1. The first-order valence-electron chi connectivity index (χ1n) is 11.0. The van der Waals surface area contributed by atoms with Gasteiger partial charge in [-0.3, -0.25) is 19.5 Å². The van der Waals surface area contributed by atoms with Crippen LogP contribution in [0.4, 0.5) is 5.69 Å². The van der Waals surface area contributed by atoms with E-state index in [1.807, 2.05) is 47.9 Å². The standard InChI is InChI=1S/C25H21Cl2N5O4S/c1-15-6-7-17(26)11-22(15)31-23(13-28-24(33)20-9-8-18(32(34)35)12-21(20)27)29-30-25(31)37-14-16-4-3-5-19(10-16)36-2/h3-12H,13-14H2,1-2H3,(H,28,33). The number of methoxy groups -OCH3 is 1. The molecular formula is C25H21Cl2N5O4S. The Kier molecular flexibility index (Phi) is 8.32. The van der Waals surface area contributed by atoms with Gasteiger partial charge in [-0.25, -0.2) is 0 Å². The van der Waals surface area contributed by atoms with Crippen LogP contribution in [0.5, 0.6) is 5.75 Å². The summed E-state index contributed by atoms with van der Waals surface area (Å²) in [5.74, 6) is 1.35. The number of ether oxygens (including phenoxy) is 1. The van der Waals surface area contributed by atoms with Crippen molar-refractivity contribution in [1.29, 1.82) is 0 Å². The van der Waals surface area contributed by atoms with Gasteiger partial charge in [-0.05, 0) is 48.4 Å². The second-order valence-corrected chi connectivity index (χ2v) is 9.70. The van der Waals surface area contributed by atoms with Crippen LogP contribution in [-0.2, 0) is 12.3 Å². The van der Waals surface area contributed by atoms with Crippen LogP contribution in [0.15, 0.2) is 65.8 Å². The Morgan fingerprint density at radius 2 is 1.95 bits per heavy atom. The van der Waals surface area contributed by atoms with E-state index in [0.29, 0.717) is 21.8 Å². The van der Waals surface area contributed by atoms with Gasteiger partial charge in [0.2, 0.25) is 0 Å². The van der Waals surface area contributed by atoms with Gasteiger partial charge in [0.25, 0.3) is 11.6 Å². The number of hydrogen-bond acceptors (Lipinski definition) is 7. The van der Waals surface area contributed by atoms with E-state index in [0.717, 1.165) is 28.6 Å². The van der Waals surface area contributed by atoms with Gasteiger partial charge < -0.3 is 10.1 Å². The van der Waals surface area contributed by atoms with Crippen LogP contribution < -0.4 is 10.1 Å². The van der Waals surface area contributed by atoms with Crippen molar-refractivity contribution in [3.8, 4) is 11.4 Å². The largest absolute Gasteiger partial charge is 0.497 e. The molecule has 1 aromatic heterocycles. The lowest BCUT2D eigenvalue weighted by Gasteiger charge is -2.14. The lowest BCUT2D eigenvalue weighted by Crippen LogP contribution is -2.25. The van der Waals surface area contributed by atoms with Gasteiger partial charge in [-0.1, -0.05) is 53.2 Å². The third-order valence-electron chi connectivity index (χ3n) is 5.43. The minimum absolute atomic E-state index is 0.0200. The highest BCUT2D eigenvalue weighted by atomic mass is 35.5. The molecule has 4 aromatic rings. The lowest BCUT2D eigenvalue weighted by atomic mass is 10.2. The number of benzene rings is 3. The fourth-order valence-corrected chi connectivity index (χ4v) is 4.87. The first kappa shape index (κ1) is 26.5. The van der Waals surface area contributed by atoms with E-state index >= 15 is 0 Å². The molecule has 1 N–H and O–H groups in total. The number of rotatable bonds is 9. The molecule has 0 bridgehead atoms. The van der Waals surface area contributed by atoms with Crippen LogP contribution in [0.2, 0.25) is 10.0 Å². The summed E-state index contributed by atoms with van der Waals surface area (Å²) in [4.78, 5) is 23.2. The number of halogens is 2. The molecular weight excluding hydrogens is 537 g/mol. The number of carbonyl (C=O) groups excluding carboxylic acids is 1. The van der Waals surface area contributed by atoms with E-state index in [1.54, 1.807) is 13.2 Å². The fourth-order valence-electron chi connectivity index (χ4n) is 3.54. The van der Waals surface area contributed by atoms with Crippen molar-refractivity contribution in [2.24, 2.45) is 0 Å². The van der Waals surface area contributed by atoms with Crippen molar-refractivity contribution in [2.45, 2.75) is 24.4 Å². The number of nitro groups is 1. The molecule has 0 atom stereocenters. The topological polar surface area (TPSA) is 112 Å². The maximum atomic E-state index is 12.8. The smallest absolute Gasteiger partial charge is 0.270 e. The molecule has 0 spiro atoms. The average molecular weight is 558 g/mol. The zero-order valence-corrected chi connectivity index (χ0v) is 22.1. The highest BCUT2D eigenvalue weighted by molar-refractivity contribution is 7.98. The van der Waals surface area contributed by atoms with Gasteiger partial charge in [0, 0.05) is 22.9 Å². The van der Waals surface area contributed by atoms with Crippen molar-refractivity contribution in [1.82, 2.24) is 20.1 Å². The maximum absolute atomic E-state index is 12.8. The average Bonchev–Trinajstić information content (AvgIpc) is 3.29. The molecule has 0 fully saturated rings. The monoisotopic (exact) mass is 557 g/mol. The lowest BCUT2D eigenvalue weighted by molar-refractivity contribution is -0.384. The maximum Gasteiger partial charge on any atom is 0.270 e. The van der Waals surface area contributed by atoms with Crippen LogP contribution >= 0.6 is 35.0 Å². The molecule has 0 saturated carbocycles. The number of aromatic nitrogens is 3. The van der Waals surface area contributed by atoms with Crippen LogP contribution in [0.25, 0.3) is 5.69 Å². The molecule has 0 saturated heterocycles. The Labute approximate surface area is 226 Å². The number of non-ortho nitro benzene ring substituents is 1. The summed E-state index contributed by atoms with van der Waals surface area (Å²) in [6.07, 6.45) is 0. The number of carbonyl (C=O) groups is 1. The van der Waals surface area contributed by atoms with Gasteiger partial charge in [-0.2, -0.15) is 0 Å². The van der Waals surface area contributed by atoms with E-state index in [1.165, 1.54) is 23.9 Å². The number of amides is 1. The van der Waals surface area contributed by atoms with Crippen molar-refractivity contribution in [3.63, 3.8) is 0 Å². The summed E-state index contributed by atoms with van der Waals surface area (Å²) >= 11 is 13.9. The fraction of sp³-hybridized carbons (Fsp3) is 0.160. The second kappa shape index (κ2) is 11.6. The normalized spacial score (nSPS) is 10.8. The Hall–Kier alpha value is -3.60. The zero-order valence-electron chi connectivity index (χ0n) is 19.8. The third-order valence-corrected chi connectivity index (χ3v) is 6.98. The first-order chi connectivity index (χ1) is 17.8. The molecule has 190 valence electrons. The zero-order chi connectivity index (χ0) is 26.5. The molecule has 1 heterocycles. The molecule has 0 unspecified atom stereocenters. The van der Waals surface area contributed by atoms with Crippen LogP contribution in [0.3, 0.4) is 0 Å². The molecule has 37 heavy (non-hydrogen) atoms. The number of nitrogens with one attached hydrogen (secondary N) is 1. The molecule has 3 aromatic carbocycles. The Balaban J connectivity index is 1.60.